The molecule has 1 aromatic carbocycles. The van der Waals surface area contributed by atoms with Crippen molar-refractivity contribution >= 4 is 9.84 Å². The van der Waals surface area contributed by atoms with Crippen molar-refractivity contribution in [1.82, 2.24) is 9.78 Å². The molecule has 1 fully saturated rings. The largest absolute Gasteiger partial charge is 0.474 e. The summed E-state index contributed by atoms with van der Waals surface area (Å²) in [5, 5.41) is 13.5. The monoisotopic (exact) mass is 378 g/mol. The van der Waals surface area contributed by atoms with Gasteiger partial charge in [0.25, 0.3) is 0 Å². The maximum absolute atomic E-state index is 11.7. The maximum atomic E-state index is 11.7. The molecule has 142 valence electrons. The third-order valence-corrected chi connectivity index (χ3v) is 5.96. The van der Waals surface area contributed by atoms with Gasteiger partial charge in [0.05, 0.1) is 17.2 Å². The molecule has 26 heavy (non-hydrogen) atoms. The molecule has 3 rings (SSSR count). The van der Waals surface area contributed by atoms with Crippen molar-refractivity contribution in [3.63, 3.8) is 0 Å². The zero-order valence-corrected chi connectivity index (χ0v) is 15.9. The van der Waals surface area contributed by atoms with Crippen LogP contribution in [0.4, 0.5) is 0 Å². The molecule has 1 aromatic heterocycles. The summed E-state index contributed by atoms with van der Waals surface area (Å²) in [6.07, 6.45) is 7.45. The van der Waals surface area contributed by atoms with Gasteiger partial charge in [-0.2, -0.15) is 0 Å². The van der Waals surface area contributed by atoms with Crippen LogP contribution in [0.25, 0.3) is 11.3 Å². The van der Waals surface area contributed by atoms with Gasteiger partial charge in [-0.25, -0.2) is 8.42 Å². The zero-order chi connectivity index (χ0) is 18.6. The van der Waals surface area contributed by atoms with E-state index >= 15 is 0 Å². The molecule has 0 radical (unpaired) electrons. The van der Waals surface area contributed by atoms with Gasteiger partial charge < -0.3 is 9.84 Å². The van der Waals surface area contributed by atoms with Gasteiger partial charge in [0.1, 0.15) is 6.61 Å². The van der Waals surface area contributed by atoms with E-state index in [-0.39, 0.29) is 13.2 Å². The number of aliphatic hydroxyl groups is 1. The number of benzene rings is 1. The van der Waals surface area contributed by atoms with Crippen LogP contribution < -0.4 is 4.74 Å². The van der Waals surface area contributed by atoms with Crippen molar-refractivity contribution in [1.29, 1.82) is 0 Å². The van der Waals surface area contributed by atoms with Crippen molar-refractivity contribution in [3.05, 3.63) is 30.3 Å². The quantitative estimate of drug-likeness (QED) is 0.801. The minimum atomic E-state index is -3.22. The lowest BCUT2D eigenvalue weighted by atomic mass is 9.89. The topological polar surface area (TPSA) is 81.4 Å². The molecule has 0 unspecified atom stereocenters. The first-order valence-corrected chi connectivity index (χ1v) is 11.0. The van der Waals surface area contributed by atoms with E-state index in [1.165, 1.54) is 38.4 Å². The highest BCUT2D eigenvalue weighted by Gasteiger charge is 2.18. The van der Waals surface area contributed by atoms with E-state index in [4.69, 9.17) is 9.84 Å². The first-order chi connectivity index (χ1) is 12.5. The fourth-order valence-corrected chi connectivity index (χ4v) is 4.10. The third-order valence-electron chi connectivity index (χ3n) is 4.83. The Balaban J connectivity index is 1.88. The number of aromatic nitrogens is 2. The Kier molecular flexibility index (Phi) is 5.98. The molecule has 7 heteroatoms. The fourth-order valence-electron chi connectivity index (χ4n) is 3.47. The average molecular weight is 378 g/mol. The van der Waals surface area contributed by atoms with Crippen LogP contribution in [0.15, 0.2) is 35.2 Å². The number of ether oxygens (including phenoxy) is 1. The van der Waals surface area contributed by atoms with Crippen LogP contribution >= 0.6 is 0 Å². The summed E-state index contributed by atoms with van der Waals surface area (Å²) in [5.41, 5.74) is 1.81. The van der Waals surface area contributed by atoms with E-state index < -0.39 is 9.84 Å². The minimum absolute atomic E-state index is 0.0616. The Labute approximate surface area is 154 Å². The van der Waals surface area contributed by atoms with E-state index in [0.717, 1.165) is 17.8 Å². The number of hydrogen-bond acceptors (Lipinski definition) is 5. The van der Waals surface area contributed by atoms with Crippen LogP contribution in [-0.4, -0.2) is 42.8 Å². The molecular formula is C19H26N2O4S. The molecule has 1 aliphatic rings. The fraction of sp³-hybridized carbons (Fsp3) is 0.526. The minimum Gasteiger partial charge on any atom is -0.474 e. The highest BCUT2D eigenvalue weighted by molar-refractivity contribution is 7.90. The molecule has 6 nitrogen and oxygen atoms in total. The van der Waals surface area contributed by atoms with Crippen molar-refractivity contribution < 1.29 is 18.3 Å². The second kappa shape index (κ2) is 8.22. The van der Waals surface area contributed by atoms with Crippen LogP contribution in [0.1, 0.15) is 32.1 Å². The highest BCUT2D eigenvalue weighted by Crippen LogP contribution is 2.30. The second-order valence-corrected chi connectivity index (χ2v) is 8.94. The Hall–Kier alpha value is -1.86. The van der Waals surface area contributed by atoms with E-state index in [2.05, 4.69) is 5.10 Å². The molecule has 0 atom stereocenters. The van der Waals surface area contributed by atoms with E-state index in [1.807, 2.05) is 10.7 Å². The van der Waals surface area contributed by atoms with Gasteiger partial charge in [0, 0.05) is 24.4 Å². The van der Waals surface area contributed by atoms with Crippen molar-refractivity contribution in [2.24, 2.45) is 5.92 Å². The van der Waals surface area contributed by atoms with Crippen LogP contribution in [0.5, 0.6) is 5.88 Å². The number of nitrogens with zero attached hydrogens (tertiary/aromatic N) is 2. The number of rotatable bonds is 7. The van der Waals surface area contributed by atoms with Crippen LogP contribution in [0.2, 0.25) is 0 Å². The van der Waals surface area contributed by atoms with Crippen molar-refractivity contribution in [2.45, 2.75) is 43.5 Å². The zero-order valence-electron chi connectivity index (χ0n) is 15.1. The Bertz CT molecular complexity index is 822. The van der Waals surface area contributed by atoms with Crippen LogP contribution in [0, 0.1) is 5.92 Å². The number of hydrogen-bond donors (Lipinski definition) is 1. The first kappa shape index (κ1) is 18.9. The molecule has 0 saturated heterocycles. The van der Waals surface area contributed by atoms with E-state index in [0.29, 0.717) is 16.7 Å². The molecular weight excluding hydrogens is 352 g/mol. The van der Waals surface area contributed by atoms with Gasteiger partial charge in [-0.3, -0.25) is 4.68 Å². The molecule has 0 spiro atoms. The summed E-state index contributed by atoms with van der Waals surface area (Å²) in [7, 11) is -3.22. The summed E-state index contributed by atoms with van der Waals surface area (Å²) < 4.78 is 30.8. The Morgan fingerprint density at radius 2 is 1.88 bits per heavy atom. The highest BCUT2D eigenvalue weighted by atomic mass is 32.2. The Morgan fingerprint density at radius 1 is 1.19 bits per heavy atom. The van der Waals surface area contributed by atoms with Gasteiger partial charge in [-0.1, -0.05) is 31.4 Å². The van der Waals surface area contributed by atoms with E-state index in [9.17, 15) is 8.42 Å². The van der Waals surface area contributed by atoms with Gasteiger partial charge in [0.2, 0.25) is 5.88 Å². The molecule has 0 aliphatic heterocycles. The maximum Gasteiger partial charge on any atom is 0.233 e. The van der Waals surface area contributed by atoms with Crippen LogP contribution in [0.3, 0.4) is 0 Å². The lowest BCUT2D eigenvalue weighted by Crippen LogP contribution is -2.16. The Morgan fingerprint density at radius 3 is 2.50 bits per heavy atom. The smallest absolute Gasteiger partial charge is 0.233 e. The second-order valence-electron chi connectivity index (χ2n) is 6.92. The first-order valence-electron chi connectivity index (χ1n) is 9.09. The van der Waals surface area contributed by atoms with Gasteiger partial charge >= 0.3 is 0 Å². The summed E-state index contributed by atoms with van der Waals surface area (Å²) >= 11 is 0. The van der Waals surface area contributed by atoms with Crippen molar-refractivity contribution in [3.8, 4) is 17.1 Å². The number of sulfone groups is 1. The normalized spacial score (nSPS) is 15.9. The lowest BCUT2D eigenvalue weighted by molar-refractivity contribution is 0.194. The summed E-state index contributed by atoms with van der Waals surface area (Å²) in [6.45, 7) is 0.965. The molecule has 0 bridgehead atoms. The predicted molar refractivity (Wildman–Crippen MR) is 99.9 cm³/mol. The van der Waals surface area contributed by atoms with Gasteiger partial charge in [-0.15, -0.1) is 5.10 Å². The van der Waals surface area contributed by atoms with Crippen LogP contribution in [-0.2, 0) is 16.4 Å². The lowest BCUT2D eigenvalue weighted by Gasteiger charge is -2.22. The van der Waals surface area contributed by atoms with Gasteiger partial charge in [-0.05, 0) is 30.9 Å². The standard InChI is InChI=1S/C19H26N2O4S/c1-26(23,24)17-9-7-16(8-10-17)18-13-19(25-12-11-22)20-21(18)14-15-5-3-2-4-6-15/h7-10,13,15,22H,2-6,11-12,14H2,1H3. The number of aliphatic hydroxyl groups excluding tert-OH is 1. The summed E-state index contributed by atoms with van der Waals surface area (Å²) in [6, 6.07) is 8.71. The molecule has 1 saturated carbocycles. The van der Waals surface area contributed by atoms with Gasteiger partial charge in [0.15, 0.2) is 9.84 Å². The molecule has 1 heterocycles. The van der Waals surface area contributed by atoms with E-state index in [1.54, 1.807) is 24.3 Å². The van der Waals surface area contributed by atoms with Crippen molar-refractivity contribution in [2.75, 3.05) is 19.5 Å². The average Bonchev–Trinajstić information content (AvgIpc) is 3.03. The molecule has 2 aromatic rings. The summed E-state index contributed by atoms with van der Waals surface area (Å²) in [4.78, 5) is 0.302. The molecule has 0 amide bonds. The predicted octanol–water partition coefficient (Wildman–Crippen LogP) is 2.91. The third kappa shape index (κ3) is 4.65. The molecule has 1 N–H and O–H groups in total. The summed E-state index contributed by atoms with van der Waals surface area (Å²) in [5.74, 6) is 1.08. The SMILES string of the molecule is CS(=O)(=O)c1ccc(-c2cc(OCCO)nn2CC2CCCCC2)cc1. The molecule has 1 aliphatic carbocycles.